The highest BCUT2D eigenvalue weighted by Crippen LogP contribution is 2.33. The quantitative estimate of drug-likeness (QED) is 0.730. The predicted octanol–water partition coefficient (Wildman–Crippen LogP) is 3.52. The maximum Gasteiger partial charge on any atom is 0.0107 e. The van der Waals surface area contributed by atoms with Crippen molar-refractivity contribution in [3.63, 3.8) is 0 Å². The molecule has 1 heterocycles. The van der Waals surface area contributed by atoms with Gasteiger partial charge in [-0.1, -0.05) is 41.0 Å². The molecule has 1 aliphatic heterocycles. The molecule has 0 bridgehead atoms. The molecule has 0 unspecified atom stereocenters. The fraction of sp³-hybridized carbons (Fsp3) is 1.00. The smallest absolute Gasteiger partial charge is 0.0107 e. The van der Waals surface area contributed by atoms with Crippen molar-refractivity contribution in [1.29, 1.82) is 0 Å². The van der Waals surface area contributed by atoms with Crippen molar-refractivity contribution in [2.45, 2.75) is 60.3 Å². The van der Waals surface area contributed by atoms with E-state index in [-0.39, 0.29) is 0 Å². The average Bonchev–Trinajstić information content (AvgIpc) is 2.30. The summed E-state index contributed by atoms with van der Waals surface area (Å²) in [5.41, 5.74) is 1.08. The third-order valence-corrected chi connectivity index (χ3v) is 4.57. The van der Waals surface area contributed by atoms with Crippen molar-refractivity contribution in [3.05, 3.63) is 0 Å². The molecule has 0 spiro atoms. The van der Waals surface area contributed by atoms with E-state index in [1.54, 1.807) is 0 Å². The largest absolute Gasteiger partial charge is 0.315 e. The van der Waals surface area contributed by atoms with Crippen molar-refractivity contribution in [3.8, 4) is 0 Å². The normalized spacial score (nSPS) is 21.2. The Kier molecular flexibility index (Phi) is 6.13. The Labute approximate surface area is 115 Å². The van der Waals surface area contributed by atoms with E-state index in [1.165, 1.54) is 45.3 Å². The lowest BCUT2D eigenvalue weighted by Crippen LogP contribution is -2.41. The van der Waals surface area contributed by atoms with E-state index in [0.717, 1.165) is 13.1 Å². The van der Waals surface area contributed by atoms with E-state index >= 15 is 0 Å². The highest BCUT2D eigenvalue weighted by Gasteiger charge is 2.27. The van der Waals surface area contributed by atoms with Gasteiger partial charge in [-0.05, 0) is 49.7 Å². The standard InChI is InChI=1S/C16H34N2/c1-6-16(5)8-12-18(13-9-16)14-11-17-10-7-15(2,3)4/h17H,6-14H2,1-5H3. The Morgan fingerprint density at radius 2 is 1.72 bits per heavy atom. The summed E-state index contributed by atoms with van der Waals surface area (Å²) in [6, 6.07) is 0. The van der Waals surface area contributed by atoms with E-state index in [2.05, 4.69) is 44.8 Å². The van der Waals surface area contributed by atoms with E-state index in [0.29, 0.717) is 10.8 Å². The van der Waals surface area contributed by atoms with Gasteiger partial charge in [0.25, 0.3) is 0 Å². The molecule has 0 aromatic rings. The molecule has 0 aliphatic carbocycles. The van der Waals surface area contributed by atoms with Crippen LogP contribution in [0.15, 0.2) is 0 Å². The zero-order valence-corrected chi connectivity index (χ0v) is 13.3. The van der Waals surface area contributed by atoms with Crippen molar-refractivity contribution >= 4 is 0 Å². The van der Waals surface area contributed by atoms with E-state index < -0.39 is 0 Å². The SMILES string of the molecule is CCC1(C)CCN(CCNCCC(C)(C)C)CC1. The summed E-state index contributed by atoms with van der Waals surface area (Å²) in [6.45, 7) is 17.8. The third-order valence-electron chi connectivity index (χ3n) is 4.57. The van der Waals surface area contributed by atoms with Gasteiger partial charge in [-0.25, -0.2) is 0 Å². The summed E-state index contributed by atoms with van der Waals surface area (Å²) < 4.78 is 0. The van der Waals surface area contributed by atoms with Gasteiger partial charge in [0, 0.05) is 13.1 Å². The molecule has 108 valence electrons. The monoisotopic (exact) mass is 254 g/mol. The molecule has 1 fully saturated rings. The molecular formula is C16H34N2. The minimum absolute atomic E-state index is 0.459. The van der Waals surface area contributed by atoms with Crippen LogP contribution in [0.25, 0.3) is 0 Å². The van der Waals surface area contributed by atoms with E-state index in [9.17, 15) is 0 Å². The molecule has 0 aromatic heterocycles. The number of hydrogen-bond donors (Lipinski definition) is 1. The number of rotatable bonds is 6. The van der Waals surface area contributed by atoms with E-state index in [4.69, 9.17) is 0 Å². The number of likely N-dealkylation sites (tertiary alicyclic amines) is 1. The van der Waals surface area contributed by atoms with Crippen LogP contribution in [0.4, 0.5) is 0 Å². The van der Waals surface area contributed by atoms with Gasteiger partial charge in [0.15, 0.2) is 0 Å². The topological polar surface area (TPSA) is 15.3 Å². The summed E-state index contributed by atoms with van der Waals surface area (Å²) in [5.74, 6) is 0. The van der Waals surface area contributed by atoms with Gasteiger partial charge in [0.05, 0.1) is 0 Å². The van der Waals surface area contributed by atoms with Crippen LogP contribution in [-0.2, 0) is 0 Å². The van der Waals surface area contributed by atoms with Crippen LogP contribution in [-0.4, -0.2) is 37.6 Å². The molecule has 2 nitrogen and oxygen atoms in total. The molecule has 1 N–H and O–H groups in total. The molecule has 18 heavy (non-hydrogen) atoms. The van der Waals surface area contributed by atoms with Crippen LogP contribution in [0.1, 0.15) is 60.3 Å². The summed E-state index contributed by atoms with van der Waals surface area (Å²) >= 11 is 0. The maximum atomic E-state index is 3.58. The molecule has 0 saturated carbocycles. The minimum atomic E-state index is 0.459. The highest BCUT2D eigenvalue weighted by molar-refractivity contribution is 4.81. The zero-order valence-electron chi connectivity index (χ0n) is 13.3. The summed E-state index contributed by atoms with van der Waals surface area (Å²) in [4.78, 5) is 2.63. The van der Waals surface area contributed by atoms with Crippen LogP contribution in [0.2, 0.25) is 0 Å². The Hall–Kier alpha value is -0.0800. The summed E-state index contributed by atoms with van der Waals surface area (Å²) in [6.07, 6.45) is 5.36. The molecule has 0 atom stereocenters. The number of nitrogens with zero attached hydrogens (tertiary/aromatic N) is 1. The first-order valence-electron chi connectivity index (χ1n) is 7.78. The maximum absolute atomic E-state index is 3.58. The minimum Gasteiger partial charge on any atom is -0.315 e. The first-order valence-corrected chi connectivity index (χ1v) is 7.78. The van der Waals surface area contributed by atoms with E-state index in [1.807, 2.05) is 0 Å². The second kappa shape index (κ2) is 6.91. The van der Waals surface area contributed by atoms with Crippen molar-refractivity contribution < 1.29 is 0 Å². The summed E-state index contributed by atoms with van der Waals surface area (Å²) in [5, 5.41) is 3.58. The fourth-order valence-corrected chi connectivity index (χ4v) is 2.50. The molecule has 0 amide bonds. The fourth-order valence-electron chi connectivity index (χ4n) is 2.50. The van der Waals surface area contributed by atoms with Crippen molar-refractivity contribution in [2.75, 3.05) is 32.7 Å². The number of hydrogen-bond acceptors (Lipinski definition) is 2. The van der Waals surface area contributed by atoms with Gasteiger partial charge in [-0.15, -0.1) is 0 Å². The highest BCUT2D eigenvalue weighted by atomic mass is 15.1. The Bertz CT molecular complexity index is 222. The average molecular weight is 254 g/mol. The lowest BCUT2D eigenvalue weighted by atomic mass is 9.78. The first-order chi connectivity index (χ1) is 8.35. The molecule has 1 rings (SSSR count). The van der Waals surface area contributed by atoms with Crippen molar-refractivity contribution in [1.82, 2.24) is 10.2 Å². The van der Waals surface area contributed by atoms with Crippen LogP contribution < -0.4 is 5.32 Å². The molecule has 2 heteroatoms. The first kappa shape index (κ1) is 16.0. The van der Waals surface area contributed by atoms with Gasteiger partial charge in [-0.3, -0.25) is 0 Å². The number of piperidine rings is 1. The lowest BCUT2D eigenvalue weighted by molar-refractivity contribution is 0.115. The Morgan fingerprint density at radius 1 is 1.11 bits per heavy atom. The number of nitrogens with one attached hydrogen (secondary N) is 1. The molecule has 0 radical (unpaired) electrons. The van der Waals surface area contributed by atoms with Crippen molar-refractivity contribution in [2.24, 2.45) is 10.8 Å². The van der Waals surface area contributed by atoms with Gasteiger partial charge < -0.3 is 10.2 Å². The molecule has 1 saturated heterocycles. The Morgan fingerprint density at radius 3 is 2.22 bits per heavy atom. The second-order valence-corrected chi connectivity index (χ2v) is 7.57. The Balaban J connectivity index is 2.05. The molecule has 0 aromatic carbocycles. The van der Waals surface area contributed by atoms with Crippen LogP contribution in [0, 0.1) is 10.8 Å². The van der Waals surface area contributed by atoms with Crippen LogP contribution >= 0.6 is 0 Å². The molecular weight excluding hydrogens is 220 g/mol. The van der Waals surface area contributed by atoms with Crippen LogP contribution in [0.5, 0.6) is 0 Å². The zero-order chi connectivity index (χ0) is 13.6. The van der Waals surface area contributed by atoms with Gasteiger partial charge in [0.1, 0.15) is 0 Å². The van der Waals surface area contributed by atoms with Gasteiger partial charge in [-0.2, -0.15) is 0 Å². The van der Waals surface area contributed by atoms with Gasteiger partial charge >= 0.3 is 0 Å². The third kappa shape index (κ3) is 6.19. The van der Waals surface area contributed by atoms with Crippen LogP contribution in [0.3, 0.4) is 0 Å². The predicted molar refractivity (Wildman–Crippen MR) is 81.0 cm³/mol. The van der Waals surface area contributed by atoms with Gasteiger partial charge in [0.2, 0.25) is 0 Å². The lowest BCUT2D eigenvalue weighted by Gasteiger charge is -2.39. The summed E-state index contributed by atoms with van der Waals surface area (Å²) in [7, 11) is 0. The second-order valence-electron chi connectivity index (χ2n) is 7.57. The molecule has 1 aliphatic rings.